The summed E-state index contributed by atoms with van der Waals surface area (Å²) >= 11 is 0. The fourth-order valence-electron chi connectivity index (χ4n) is 2.87. The molecule has 1 aliphatic heterocycles. The van der Waals surface area contributed by atoms with Crippen LogP contribution in [-0.2, 0) is 6.54 Å². The van der Waals surface area contributed by atoms with Gasteiger partial charge in [-0.05, 0) is 19.4 Å². The highest BCUT2D eigenvalue weighted by molar-refractivity contribution is 5.85. The number of piperidine rings is 1. The summed E-state index contributed by atoms with van der Waals surface area (Å²) in [5.41, 5.74) is 7.85. The lowest BCUT2D eigenvalue weighted by molar-refractivity contribution is 0.130. The van der Waals surface area contributed by atoms with Gasteiger partial charge in [-0.25, -0.2) is 0 Å². The largest absolute Gasteiger partial charge is 0.359 e. The molecule has 0 bridgehead atoms. The van der Waals surface area contributed by atoms with Crippen molar-refractivity contribution in [3.05, 3.63) is 42.2 Å². The fourth-order valence-corrected chi connectivity index (χ4v) is 2.87. The summed E-state index contributed by atoms with van der Waals surface area (Å²) in [6.07, 6.45) is 3.72. The molecular formula is C16H22ClN3O. The molecule has 0 aliphatic carbocycles. The molecule has 1 aliphatic rings. The molecule has 5 heteroatoms. The van der Waals surface area contributed by atoms with Crippen molar-refractivity contribution in [3.8, 4) is 11.3 Å². The lowest BCUT2D eigenvalue weighted by Crippen LogP contribution is -2.43. The fraction of sp³-hybridized carbons (Fsp3) is 0.438. The van der Waals surface area contributed by atoms with Crippen molar-refractivity contribution in [1.29, 1.82) is 0 Å². The predicted octanol–water partition coefficient (Wildman–Crippen LogP) is 3.08. The van der Waals surface area contributed by atoms with Gasteiger partial charge in [-0.15, -0.1) is 12.4 Å². The van der Waals surface area contributed by atoms with E-state index in [0.29, 0.717) is 6.04 Å². The van der Waals surface area contributed by atoms with E-state index in [4.69, 9.17) is 10.3 Å². The summed E-state index contributed by atoms with van der Waals surface area (Å²) in [6, 6.07) is 12.6. The van der Waals surface area contributed by atoms with Gasteiger partial charge in [-0.2, -0.15) is 0 Å². The van der Waals surface area contributed by atoms with E-state index in [0.717, 1.165) is 36.7 Å². The first-order valence-corrected chi connectivity index (χ1v) is 7.32. The highest BCUT2D eigenvalue weighted by Crippen LogP contribution is 2.22. The number of rotatable bonds is 4. The maximum absolute atomic E-state index is 5.86. The highest BCUT2D eigenvalue weighted by Gasteiger charge is 2.22. The van der Waals surface area contributed by atoms with Crippen LogP contribution in [0.5, 0.6) is 0 Å². The molecule has 4 nitrogen and oxygen atoms in total. The molecule has 1 atom stereocenters. The van der Waals surface area contributed by atoms with E-state index >= 15 is 0 Å². The first kappa shape index (κ1) is 16.0. The number of nitrogens with zero attached hydrogens (tertiary/aromatic N) is 2. The summed E-state index contributed by atoms with van der Waals surface area (Å²) in [5, 5.41) is 4.17. The van der Waals surface area contributed by atoms with Crippen LogP contribution in [0.4, 0.5) is 0 Å². The van der Waals surface area contributed by atoms with Crippen LogP contribution in [-0.4, -0.2) is 29.2 Å². The van der Waals surface area contributed by atoms with Crippen LogP contribution in [0.3, 0.4) is 0 Å². The van der Waals surface area contributed by atoms with Gasteiger partial charge in [-0.1, -0.05) is 41.9 Å². The van der Waals surface area contributed by atoms with Gasteiger partial charge in [-0.3, -0.25) is 4.90 Å². The summed E-state index contributed by atoms with van der Waals surface area (Å²) in [5.74, 6) is 0.921. The van der Waals surface area contributed by atoms with Crippen molar-refractivity contribution in [2.45, 2.75) is 31.8 Å². The number of benzene rings is 1. The molecule has 21 heavy (non-hydrogen) atoms. The van der Waals surface area contributed by atoms with Crippen LogP contribution in [0.2, 0.25) is 0 Å². The molecule has 0 amide bonds. The Kier molecular flexibility index (Phi) is 5.79. The number of nitrogens with two attached hydrogens (primary N) is 1. The Morgan fingerprint density at radius 2 is 2.05 bits per heavy atom. The second-order valence-corrected chi connectivity index (χ2v) is 5.40. The molecular weight excluding hydrogens is 286 g/mol. The van der Waals surface area contributed by atoms with E-state index in [9.17, 15) is 0 Å². The molecule has 2 aromatic rings. The minimum atomic E-state index is 0. The van der Waals surface area contributed by atoms with Crippen LogP contribution in [0.25, 0.3) is 11.3 Å². The number of hydrogen-bond acceptors (Lipinski definition) is 4. The van der Waals surface area contributed by atoms with Gasteiger partial charge in [0.15, 0.2) is 5.76 Å². The molecule has 1 aromatic heterocycles. The quantitative estimate of drug-likeness (QED) is 0.943. The molecule has 1 unspecified atom stereocenters. The van der Waals surface area contributed by atoms with Gasteiger partial charge >= 0.3 is 0 Å². The Labute approximate surface area is 131 Å². The number of hydrogen-bond donors (Lipinski definition) is 1. The third-order valence-electron chi connectivity index (χ3n) is 4.01. The third kappa shape index (κ3) is 3.84. The summed E-state index contributed by atoms with van der Waals surface area (Å²) in [4.78, 5) is 2.42. The smallest absolute Gasteiger partial charge is 0.151 e. The van der Waals surface area contributed by atoms with Gasteiger partial charge in [0.05, 0.1) is 6.54 Å². The van der Waals surface area contributed by atoms with Crippen LogP contribution < -0.4 is 5.73 Å². The molecule has 1 saturated heterocycles. The molecule has 2 N–H and O–H groups in total. The topological polar surface area (TPSA) is 55.3 Å². The van der Waals surface area contributed by atoms with E-state index in [1.54, 1.807) is 0 Å². The van der Waals surface area contributed by atoms with Crippen LogP contribution >= 0.6 is 12.4 Å². The van der Waals surface area contributed by atoms with Crippen molar-refractivity contribution in [2.75, 3.05) is 13.1 Å². The molecule has 114 valence electrons. The minimum Gasteiger partial charge on any atom is -0.359 e. The van der Waals surface area contributed by atoms with Gasteiger partial charge in [0, 0.05) is 24.2 Å². The van der Waals surface area contributed by atoms with E-state index < -0.39 is 0 Å². The summed E-state index contributed by atoms with van der Waals surface area (Å²) in [6.45, 7) is 2.63. The highest BCUT2D eigenvalue weighted by atomic mass is 35.5. The van der Waals surface area contributed by atoms with Crippen molar-refractivity contribution in [1.82, 2.24) is 10.1 Å². The van der Waals surface area contributed by atoms with E-state index in [1.807, 2.05) is 36.4 Å². The van der Waals surface area contributed by atoms with Crippen molar-refractivity contribution < 1.29 is 4.52 Å². The zero-order valence-electron chi connectivity index (χ0n) is 12.1. The van der Waals surface area contributed by atoms with Crippen LogP contribution in [0.15, 0.2) is 40.9 Å². The van der Waals surface area contributed by atoms with Gasteiger partial charge in [0.2, 0.25) is 0 Å². The first-order chi connectivity index (χ1) is 9.86. The van der Waals surface area contributed by atoms with Gasteiger partial charge < -0.3 is 10.3 Å². The van der Waals surface area contributed by atoms with Crippen molar-refractivity contribution >= 4 is 12.4 Å². The Morgan fingerprint density at radius 3 is 2.81 bits per heavy atom. The van der Waals surface area contributed by atoms with Gasteiger partial charge in [0.25, 0.3) is 0 Å². The van der Waals surface area contributed by atoms with Crippen LogP contribution in [0.1, 0.15) is 25.0 Å². The molecule has 0 radical (unpaired) electrons. The van der Waals surface area contributed by atoms with Crippen molar-refractivity contribution in [3.63, 3.8) is 0 Å². The minimum absolute atomic E-state index is 0. The average Bonchev–Trinajstić information content (AvgIpc) is 2.97. The van der Waals surface area contributed by atoms with Crippen molar-refractivity contribution in [2.24, 2.45) is 5.73 Å². The Morgan fingerprint density at radius 1 is 1.24 bits per heavy atom. The summed E-state index contributed by atoms with van der Waals surface area (Å²) in [7, 11) is 0. The normalized spacial score (nSPS) is 19.2. The first-order valence-electron chi connectivity index (χ1n) is 7.32. The molecule has 1 aromatic carbocycles. The zero-order valence-corrected chi connectivity index (χ0v) is 12.9. The zero-order chi connectivity index (χ0) is 13.8. The molecule has 3 rings (SSSR count). The van der Waals surface area contributed by atoms with E-state index in [2.05, 4.69) is 10.1 Å². The molecule has 0 saturated carbocycles. The maximum Gasteiger partial charge on any atom is 0.151 e. The van der Waals surface area contributed by atoms with E-state index in [1.165, 1.54) is 19.3 Å². The molecule has 1 fully saturated rings. The predicted molar refractivity (Wildman–Crippen MR) is 86.3 cm³/mol. The number of likely N-dealkylation sites (tertiary alicyclic amines) is 1. The Bertz CT molecular complexity index is 543. The lowest BCUT2D eigenvalue weighted by Gasteiger charge is -2.34. The van der Waals surface area contributed by atoms with Gasteiger partial charge in [0.1, 0.15) is 5.69 Å². The van der Waals surface area contributed by atoms with Crippen LogP contribution in [0, 0.1) is 0 Å². The standard InChI is InChI=1S/C16H21N3O.ClH/c17-11-14-8-4-5-9-19(14)12-15-10-16(18-20-15)13-6-2-1-3-7-13;/h1-3,6-7,10,14H,4-5,8-9,11-12,17H2;1H. The number of aromatic nitrogens is 1. The Balaban J connectivity index is 0.00000161. The monoisotopic (exact) mass is 307 g/mol. The lowest BCUT2D eigenvalue weighted by atomic mass is 10.0. The van der Waals surface area contributed by atoms with E-state index in [-0.39, 0.29) is 12.4 Å². The second-order valence-electron chi connectivity index (χ2n) is 5.40. The number of halogens is 1. The third-order valence-corrected chi connectivity index (χ3v) is 4.01. The summed E-state index contributed by atoms with van der Waals surface area (Å²) < 4.78 is 5.48. The molecule has 2 heterocycles. The average molecular weight is 308 g/mol. The Hall–Kier alpha value is -1.36. The molecule has 0 spiro atoms. The SMILES string of the molecule is Cl.NCC1CCCCN1Cc1cc(-c2ccccc2)no1. The second kappa shape index (κ2) is 7.59. The maximum atomic E-state index is 5.86.